The molecule has 0 heterocycles. The molecule has 0 aromatic heterocycles. The highest BCUT2D eigenvalue weighted by Crippen LogP contribution is 2.30. The third kappa shape index (κ3) is 9.96. The average Bonchev–Trinajstić information content (AvgIpc) is 3.08. The van der Waals surface area contributed by atoms with Gasteiger partial charge in [-0.1, -0.05) is 67.7 Å². The van der Waals surface area contributed by atoms with Gasteiger partial charge in [-0.05, 0) is 87.4 Å². The van der Waals surface area contributed by atoms with Crippen LogP contribution in [0.3, 0.4) is 0 Å². The highest BCUT2D eigenvalue weighted by Gasteiger charge is 2.14. The van der Waals surface area contributed by atoms with Crippen molar-refractivity contribution in [1.82, 2.24) is 0 Å². The van der Waals surface area contributed by atoms with E-state index in [0.29, 0.717) is 51.7 Å². The summed E-state index contributed by atoms with van der Waals surface area (Å²) in [6, 6.07) is 24.8. The number of rotatable bonds is 9. The van der Waals surface area contributed by atoms with Crippen molar-refractivity contribution >= 4 is 17.9 Å². The van der Waals surface area contributed by atoms with Crippen LogP contribution in [0.5, 0.6) is 23.0 Å². The van der Waals surface area contributed by atoms with Gasteiger partial charge in [-0.25, -0.2) is 14.4 Å². The molecule has 0 aliphatic heterocycles. The summed E-state index contributed by atoms with van der Waals surface area (Å²) < 4.78 is 22.1. The number of hydrogen-bond donors (Lipinski definition) is 0. The zero-order chi connectivity index (χ0) is 35.5. The molecule has 0 saturated heterocycles. The van der Waals surface area contributed by atoms with Crippen LogP contribution >= 0.6 is 0 Å². The fourth-order valence-electron chi connectivity index (χ4n) is 4.04. The van der Waals surface area contributed by atoms with Gasteiger partial charge in [0.2, 0.25) is 0 Å². The van der Waals surface area contributed by atoms with Gasteiger partial charge >= 0.3 is 17.9 Å². The molecule has 7 nitrogen and oxygen atoms in total. The minimum absolute atomic E-state index is 0.202. The van der Waals surface area contributed by atoms with E-state index in [4.69, 9.17) is 18.9 Å². The van der Waals surface area contributed by atoms with Gasteiger partial charge in [0.05, 0.1) is 17.7 Å². The summed E-state index contributed by atoms with van der Waals surface area (Å²) in [4.78, 5) is 36.1. The molecule has 0 N–H and O–H groups in total. The minimum atomic E-state index is -0.604. The Morgan fingerprint density at radius 2 is 0.898 bits per heavy atom. The fraction of sp³-hybridized carbons (Fsp3) is 0.119. The normalized spacial score (nSPS) is 9.88. The summed E-state index contributed by atoms with van der Waals surface area (Å²) in [6.07, 6.45) is 0. The van der Waals surface area contributed by atoms with Crippen LogP contribution in [0.15, 0.2) is 121 Å². The predicted molar refractivity (Wildman–Crippen MR) is 189 cm³/mol. The first-order valence-electron chi connectivity index (χ1n) is 15.2. The quantitative estimate of drug-likeness (QED) is 0.0785. The van der Waals surface area contributed by atoms with Gasteiger partial charge in [0.1, 0.15) is 23.0 Å². The third-order valence-corrected chi connectivity index (χ3v) is 6.66. The van der Waals surface area contributed by atoms with E-state index in [1.54, 1.807) is 69.3 Å². The molecule has 0 atom stereocenters. The second-order valence-electron chi connectivity index (χ2n) is 10.9. The largest absolute Gasteiger partial charge is 0.493 e. The molecule has 0 aliphatic rings. The molecule has 0 aliphatic carbocycles. The monoisotopic (exact) mass is 650 g/mol. The van der Waals surface area contributed by atoms with E-state index in [-0.39, 0.29) is 11.3 Å². The van der Waals surface area contributed by atoms with Crippen LogP contribution in [0.2, 0.25) is 0 Å². The van der Waals surface area contributed by atoms with Gasteiger partial charge in [0.15, 0.2) is 0 Å². The maximum atomic E-state index is 12.5. The Morgan fingerprint density at radius 3 is 1.35 bits per heavy atom. The van der Waals surface area contributed by atoms with Crippen LogP contribution in [0, 0.1) is 23.7 Å². The Bertz CT molecular complexity index is 2060. The van der Waals surface area contributed by atoms with E-state index in [0.717, 1.165) is 16.7 Å². The zero-order valence-corrected chi connectivity index (χ0v) is 27.8. The lowest BCUT2D eigenvalue weighted by Gasteiger charge is -2.12. The second-order valence-corrected chi connectivity index (χ2v) is 10.9. The van der Waals surface area contributed by atoms with Crippen molar-refractivity contribution in [3.05, 3.63) is 144 Å². The Balaban J connectivity index is 1.61. The van der Waals surface area contributed by atoms with Crippen LogP contribution in [0.1, 0.15) is 49.9 Å². The molecule has 0 bridgehead atoms. The van der Waals surface area contributed by atoms with Crippen molar-refractivity contribution in [3.63, 3.8) is 0 Å². The van der Waals surface area contributed by atoms with Crippen LogP contribution in [-0.4, -0.2) is 24.5 Å². The molecular weight excluding hydrogens is 616 g/mol. The maximum Gasteiger partial charge on any atom is 0.338 e. The summed E-state index contributed by atoms with van der Waals surface area (Å²) in [5, 5.41) is 0. The van der Waals surface area contributed by atoms with Gasteiger partial charge in [-0.2, -0.15) is 0 Å². The molecule has 0 saturated carbocycles. The molecule has 0 unspecified atom stereocenters. The van der Waals surface area contributed by atoms with Crippen LogP contribution in [0.4, 0.5) is 0 Å². The topological polar surface area (TPSA) is 88.1 Å². The first kappa shape index (κ1) is 35.3. The fourth-order valence-corrected chi connectivity index (χ4v) is 4.04. The maximum absolute atomic E-state index is 12.5. The van der Waals surface area contributed by atoms with E-state index in [1.807, 2.05) is 43.3 Å². The second kappa shape index (κ2) is 16.3. The summed E-state index contributed by atoms with van der Waals surface area (Å²) in [7, 11) is 0. The van der Waals surface area contributed by atoms with Gasteiger partial charge < -0.3 is 18.9 Å². The average molecular weight is 651 g/mol. The molecule has 4 rings (SSSR count). The minimum Gasteiger partial charge on any atom is -0.493 e. The number of benzene rings is 4. The number of ether oxygens (including phenoxy) is 4. The van der Waals surface area contributed by atoms with Crippen LogP contribution in [-0.2, 0) is 14.4 Å². The van der Waals surface area contributed by atoms with E-state index in [2.05, 4.69) is 43.4 Å². The molecule has 244 valence electrons. The zero-order valence-electron chi connectivity index (χ0n) is 27.8. The van der Waals surface area contributed by atoms with Crippen molar-refractivity contribution in [1.29, 1.82) is 0 Å². The van der Waals surface area contributed by atoms with Gasteiger partial charge in [0, 0.05) is 40.0 Å². The van der Waals surface area contributed by atoms with Gasteiger partial charge in [0.25, 0.3) is 0 Å². The van der Waals surface area contributed by atoms with Crippen molar-refractivity contribution in [2.75, 3.05) is 6.61 Å². The van der Waals surface area contributed by atoms with Crippen molar-refractivity contribution in [2.24, 2.45) is 0 Å². The Kier molecular flexibility index (Phi) is 11.7. The lowest BCUT2D eigenvalue weighted by Crippen LogP contribution is -2.10. The Labute approximate surface area is 286 Å². The van der Waals surface area contributed by atoms with Gasteiger partial charge in [-0.3, -0.25) is 0 Å². The predicted octanol–water partition coefficient (Wildman–Crippen LogP) is 8.00. The van der Waals surface area contributed by atoms with Crippen molar-refractivity contribution < 1.29 is 33.3 Å². The number of carbonyl (C=O) groups is 3. The van der Waals surface area contributed by atoms with Gasteiger partial charge in [-0.15, -0.1) is 0 Å². The third-order valence-electron chi connectivity index (χ3n) is 6.66. The summed E-state index contributed by atoms with van der Waals surface area (Å²) in [5.74, 6) is 12.3. The molecular formula is C42H34O7. The molecule has 49 heavy (non-hydrogen) atoms. The van der Waals surface area contributed by atoms with Crippen LogP contribution in [0.25, 0.3) is 11.1 Å². The summed E-state index contributed by atoms with van der Waals surface area (Å²) in [5.41, 5.74) is 5.04. The van der Waals surface area contributed by atoms with E-state index in [1.165, 1.54) is 0 Å². The Morgan fingerprint density at radius 1 is 0.531 bits per heavy atom. The smallest absolute Gasteiger partial charge is 0.338 e. The lowest BCUT2D eigenvalue weighted by molar-refractivity contribution is -0.130. The Hall–Kier alpha value is -6.57. The number of esters is 3. The molecule has 0 radical (unpaired) electrons. The van der Waals surface area contributed by atoms with Crippen molar-refractivity contribution in [3.8, 4) is 57.8 Å². The number of hydrogen-bond acceptors (Lipinski definition) is 7. The lowest BCUT2D eigenvalue weighted by atomic mass is 10.0. The molecule has 4 aromatic rings. The highest BCUT2D eigenvalue weighted by molar-refractivity contribution is 5.90. The SMILES string of the molecule is C=C(C)C(=O)Oc1ccc(C#Cc2cc(OCC)c(C#Cc3ccc(-c4ccc(OC(=O)C(=C)C)cc4)cc3)cc2OC(=O)C(=C)C)cc1. The molecule has 0 amide bonds. The van der Waals surface area contributed by atoms with E-state index in [9.17, 15) is 14.4 Å². The van der Waals surface area contributed by atoms with Crippen LogP contribution < -0.4 is 18.9 Å². The van der Waals surface area contributed by atoms with E-state index >= 15 is 0 Å². The highest BCUT2D eigenvalue weighted by atomic mass is 16.5. The molecule has 4 aromatic carbocycles. The van der Waals surface area contributed by atoms with Crippen molar-refractivity contribution in [2.45, 2.75) is 27.7 Å². The molecule has 0 fully saturated rings. The number of carbonyl (C=O) groups excluding carboxylic acids is 3. The molecule has 0 spiro atoms. The summed E-state index contributed by atoms with van der Waals surface area (Å²) >= 11 is 0. The standard InChI is InChI=1S/C42H34O7/c1-8-46-38-25-35(18-12-31-13-21-36(22-14-31)47-40(43)27(2)3)39(49-42(45)29(6)7)26-34(38)17-11-30-9-15-32(16-10-30)33-19-23-37(24-20-33)48-41(44)28(4)5/h9-10,13-16,19-26H,2,4,6,8H2,1,3,5,7H3. The first-order valence-corrected chi connectivity index (χ1v) is 15.2. The summed E-state index contributed by atoms with van der Waals surface area (Å²) in [6.45, 7) is 17.8. The van der Waals surface area contributed by atoms with E-state index < -0.39 is 17.9 Å². The molecule has 7 heteroatoms. The first-order chi connectivity index (χ1) is 23.4.